The number of carbonyl (C=O) groups excluding carboxylic acids is 1. The van der Waals surface area contributed by atoms with E-state index in [1.54, 1.807) is 12.1 Å². The number of carbonyl (C=O) groups is 1. The first-order valence-electron chi connectivity index (χ1n) is 4.61. The van der Waals surface area contributed by atoms with Crippen molar-refractivity contribution in [1.82, 2.24) is 5.32 Å². The molecule has 1 amide bonds. The number of hydrogen-bond donors (Lipinski definition) is 2. The minimum atomic E-state index is -0.358. The largest absolute Gasteiger partial charge is 0.672 e. The molecule has 0 saturated heterocycles. The van der Waals surface area contributed by atoms with Gasteiger partial charge in [0.15, 0.2) is 0 Å². The average Bonchev–Trinajstić information content (AvgIpc) is 2.19. The molecule has 0 heterocycles. The molecule has 3 nitrogen and oxygen atoms in total. The van der Waals surface area contributed by atoms with Crippen molar-refractivity contribution in [2.24, 2.45) is 0 Å². The summed E-state index contributed by atoms with van der Waals surface area (Å²) in [5.41, 5.74) is 1.00. The molecule has 1 aromatic rings. The maximum Gasteiger partial charge on any atom is 0.213 e. The second kappa shape index (κ2) is 5.78. The fourth-order valence-corrected chi connectivity index (χ4v) is 1.40. The molecule has 0 unspecified atom stereocenters. The molecule has 0 aromatic heterocycles. The molecule has 0 aliphatic heterocycles. The monoisotopic (exact) mass is 224 g/mol. The molecular weight excluding hydrogens is 212 g/mol. The molecule has 2 radical (unpaired) electrons. The second-order valence-electron chi connectivity index (χ2n) is 3.29. The zero-order chi connectivity index (χ0) is 11.3. The summed E-state index contributed by atoms with van der Waals surface area (Å²) in [6, 6.07) is 7.28. The molecule has 0 saturated carbocycles. The summed E-state index contributed by atoms with van der Waals surface area (Å²) in [4.78, 5) is 10.8. The highest BCUT2D eigenvalue weighted by Gasteiger charge is 2.00. The Morgan fingerprint density at radius 1 is 1.53 bits per heavy atom. The van der Waals surface area contributed by atoms with Crippen LogP contribution in [0.5, 0.6) is 0 Å². The molecule has 1 aromatic carbocycles. The van der Waals surface area contributed by atoms with E-state index < -0.39 is 0 Å². The molecule has 1 atom stereocenters. The van der Waals surface area contributed by atoms with Crippen LogP contribution in [0, 0.1) is 0 Å². The van der Waals surface area contributed by atoms with E-state index in [-0.39, 0.29) is 11.8 Å². The van der Waals surface area contributed by atoms with Crippen molar-refractivity contribution in [3.05, 3.63) is 34.9 Å². The Kier molecular flexibility index (Phi) is 4.65. The third kappa shape index (κ3) is 4.36. The van der Waals surface area contributed by atoms with Crippen LogP contribution in [0.1, 0.15) is 12.5 Å². The summed E-state index contributed by atoms with van der Waals surface area (Å²) in [6.45, 7) is 1.42. The zero-order valence-corrected chi connectivity index (χ0v) is 9.16. The van der Waals surface area contributed by atoms with E-state index in [9.17, 15) is 4.79 Å². The minimum absolute atomic E-state index is 0.167. The van der Waals surface area contributed by atoms with E-state index in [0.717, 1.165) is 13.0 Å². The van der Waals surface area contributed by atoms with E-state index >= 15 is 0 Å². The molecule has 0 fully saturated rings. The van der Waals surface area contributed by atoms with Gasteiger partial charge in [-0.05, 0) is 24.1 Å². The molecule has 1 rings (SSSR count). The van der Waals surface area contributed by atoms with Crippen molar-refractivity contribution in [2.75, 3.05) is 0 Å². The number of hydrogen-bond acceptors (Lipinski definition) is 2. The number of rotatable bonds is 4. The van der Waals surface area contributed by atoms with Crippen molar-refractivity contribution in [3.8, 4) is 0 Å². The van der Waals surface area contributed by atoms with Crippen LogP contribution in [-0.2, 0) is 11.2 Å². The van der Waals surface area contributed by atoms with E-state index in [1.807, 2.05) is 12.1 Å². The molecule has 5 heteroatoms. The van der Waals surface area contributed by atoms with Crippen LogP contribution in [0.15, 0.2) is 24.3 Å². The van der Waals surface area contributed by atoms with Crippen molar-refractivity contribution in [2.45, 2.75) is 19.3 Å². The highest BCUT2D eigenvalue weighted by molar-refractivity contribution is 6.30. The van der Waals surface area contributed by atoms with Gasteiger partial charge in [0.05, 0.1) is 0 Å². The third-order valence-corrected chi connectivity index (χ3v) is 2.19. The highest BCUT2D eigenvalue weighted by atomic mass is 35.5. The lowest BCUT2D eigenvalue weighted by molar-refractivity contribution is -0.119. The van der Waals surface area contributed by atoms with Gasteiger partial charge in [0.1, 0.15) is 0 Å². The van der Waals surface area contributed by atoms with Crippen LogP contribution in [0.3, 0.4) is 0 Å². The number of halogens is 1. The summed E-state index contributed by atoms with van der Waals surface area (Å²) in [7, 11) is 0.982. The smallest absolute Gasteiger partial charge is 0.213 e. The minimum Gasteiger partial charge on any atom is -0.672 e. The van der Waals surface area contributed by atoms with Crippen LogP contribution in [-0.4, -0.2) is 24.4 Å². The Balaban J connectivity index is 2.58. The summed E-state index contributed by atoms with van der Waals surface area (Å²) < 4.78 is 0. The lowest BCUT2D eigenvalue weighted by Crippen LogP contribution is -2.39. The lowest BCUT2D eigenvalue weighted by Gasteiger charge is -2.25. The average molecular weight is 224 g/mol. The van der Waals surface area contributed by atoms with Gasteiger partial charge in [0.25, 0.3) is 0 Å². The first-order valence-corrected chi connectivity index (χ1v) is 4.98. The van der Waals surface area contributed by atoms with Gasteiger partial charge in [-0.15, -0.1) is 13.4 Å². The van der Waals surface area contributed by atoms with Gasteiger partial charge in [-0.25, -0.2) is 0 Å². The maximum absolute atomic E-state index is 10.8. The number of benzene rings is 1. The van der Waals surface area contributed by atoms with Crippen LogP contribution >= 0.6 is 11.6 Å². The van der Waals surface area contributed by atoms with E-state index in [4.69, 9.17) is 16.6 Å². The van der Waals surface area contributed by atoms with Crippen molar-refractivity contribution >= 4 is 25.0 Å². The molecule has 2 N–H and O–H groups in total. The summed E-state index contributed by atoms with van der Waals surface area (Å²) >= 11 is 5.74. The van der Waals surface area contributed by atoms with Gasteiger partial charge in [-0.3, -0.25) is 4.79 Å². The Labute approximate surface area is 94.7 Å². The Morgan fingerprint density at radius 3 is 2.60 bits per heavy atom. The van der Waals surface area contributed by atoms with Gasteiger partial charge >= 0.3 is 0 Å². The Morgan fingerprint density at radius 2 is 2.13 bits per heavy atom. The van der Waals surface area contributed by atoms with E-state index in [0.29, 0.717) is 11.4 Å². The van der Waals surface area contributed by atoms with Crippen LogP contribution in [0.25, 0.3) is 0 Å². The third-order valence-electron chi connectivity index (χ3n) is 1.94. The first kappa shape index (κ1) is 12.1. The van der Waals surface area contributed by atoms with Gasteiger partial charge < -0.3 is 10.3 Å². The quantitative estimate of drug-likeness (QED) is 0.749. The molecule has 80 valence electrons. The van der Waals surface area contributed by atoms with Crippen LogP contribution < -0.4 is 5.32 Å². The second-order valence-corrected chi connectivity index (χ2v) is 3.72. The fraction of sp³-hybridized carbons (Fsp3) is 0.300. The van der Waals surface area contributed by atoms with Gasteiger partial charge in [0, 0.05) is 11.9 Å². The SMILES string of the molecule is CC(=O)N[C@@H]([B-]O)Cc1ccc(Cl)cc1. The van der Waals surface area contributed by atoms with Gasteiger partial charge in [-0.1, -0.05) is 23.7 Å². The standard InChI is InChI=1S/C10H12BClNO2/c1-7(14)13-10(11-15)6-8-2-4-9(12)5-3-8/h2-5,10,15H,6H2,1H3,(H,13,14)/q-1/t10-/m1/s1. The zero-order valence-electron chi connectivity index (χ0n) is 8.40. The Bertz CT molecular complexity index is 329. The topological polar surface area (TPSA) is 49.3 Å². The van der Waals surface area contributed by atoms with Crippen molar-refractivity contribution in [1.29, 1.82) is 0 Å². The van der Waals surface area contributed by atoms with E-state index in [2.05, 4.69) is 5.32 Å². The fourth-order valence-electron chi connectivity index (χ4n) is 1.28. The molecule has 0 aliphatic carbocycles. The molecule has 15 heavy (non-hydrogen) atoms. The van der Waals surface area contributed by atoms with Crippen LogP contribution in [0.2, 0.25) is 5.02 Å². The highest BCUT2D eigenvalue weighted by Crippen LogP contribution is 2.10. The van der Waals surface area contributed by atoms with E-state index in [1.165, 1.54) is 6.92 Å². The molecule has 0 bridgehead atoms. The van der Waals surface area contributed by atoms with Gasteiger partial charge in [0.2, 0.25) is 5.91 Å². The van der Waals surface area contributed by atoms with Crippen molar-refractivity contribution < 1.29 is 9.82 Å². The van der Waals surface area contributed by atoms with Crippen LogP contribution in [0.4, 0.5) is 0 Å². The summed E-state index contributed by atoms with van der Waals surface area (Å²) in [5.74, 6) is -0.525. The Hall–Kier alpha value is -0.995. The predicted octanol–water partition coefficient (Wildman–Crippen LogP) is 0.956. The molecule has 0 aliphatic rings. The molecule has 0 spiro atoms. The van der Waals surface area contributed by atoms with Gasteiger partial charge in [-0.2, -0.15) is 0 Å². The number of nitrogens with one attached hydrogen (secondary N) is 1. The lowest BCUT2D eigenvalue weighted by atomic mass is 9.83. The number of amides is 1. The molecular formula is C10H12BClNO2-. The summed E-state index contributed by atoms with van der Waals surface area (Å²) in [5, 5.41) is 12.2. The summed E-state index contributed by atoms with van der Waals surface area (Å²) in [6.07, 6.45) is 0.549. The van der Waals surface area contributed by atoms with Crippen molar-refractivity contribution in [3.63, 3.8) is 0 Å². The normalized spacial score (nSPS) is 12.2. The predicted molar refractivity (Wildman–Crippen MR) is 60.7 cm³/mol. The first-order chi connectivity index (χ1) is 7.11. The maximum atomic E-state index is 10.8.